The third-order valence-electron chi connectivity index (χ3n) is 2.58. The normalized spacial score (nSPS) is 20.4. The summed E-state index contributed by atoms with van der Waals surface area (Å²) in [7, 11) is 0. The molecule has 2 rings (SSSR count). The van der Waals surface area contributed by atoms with Gasteiger partial charge in [-0.3, -0.25) is 4.79 Å². The van der Waals surface area contributed by atoms with E-state index < -0.39 is 0 Å². The molecule has 1 saturated heterocycles. The van der Waals surface area contributed by atoms with Gasteiger partial charge in [0.2, 0.25) is 0 Å². The van der Waals surface area contributed by atoms with Crippen LogP contribution in [0.3, 0.4) is 0 Å². The molecule has 1 fully saturated rings. The molecule has 0 unspecified atom stereocenters. The van der Waals surface area contributed by atoms with Gasteiger partial charge in [-0.2, -0.15) is 0 Å². The molecular weight excluding hydrogens is 312 g/mol. The molecule has 1 N–H and O–H groups in total. The monoisotopic (exact) mass is 324 g/mol. The van der Waals surface area contributed by atoms with Crippen LogP contribution in [-0.2, 0) is 0 Å². The highest BCUT2D eigenvalue weighted by Crippen LogP contribution is 2.22. The summed E-state index contributed by atoms with van der Waals surface area (Å²) in [5, 5.41) is 5.18. The van der Waals surface area contributed by atoms with Gasteiger partial charge in [0.05, 0.1) is 9.35 Å². The zero-order chi connectivity index (χ0) is 10.8. The number of carbonyl (C=O) groups is 1. The standard InChI is InChI=1S/C10H13BrN2OS.ClH/c1-7-5-12-2-3-13(7)10(14)8-4-9(11)15-6-8;/h4,6-7,12H,2-3,5H2,1H3;1H/t7-;/m0./s1. The van der Waals surface area contributed by atoms with Crippen molar-refractivity contribution in [1.82, 2.24) is 10.2 Å². The highest BCUT2D eigenvalue weighted by molar-refractivity contribution is 9.11. The molecule has 16 heavy (non-hydrogen) atoms. The average Bonchev–Trinajstić information content (AvgIpc) is 2.65. The van der Waals surface area contributed by atoms with E-state index in [1.54, 1.807) is 11.3 Å². The van der Waals surface area contributed by atoms with Crippen molar-refractivity contribution in [2.75, 3.05) is 19.6 Å². The van der Waals surface area contributed by atoms with E-state index in [1.165, 1.54) is 0 Å². The quantitative estimate of drug-likeness (QED) is 0.860. The number of hydrogen-bond acceptors (Lipinski definition) is 3. The Bertz CT molecular complexity index is 371. The molecule has 6 heteroatoms. The van der Waals surface area contributed by atoms with E-state index in [1.807, 2.05) is 16.3 Å². The molecule has 1 amide bonds. The Hall–Kier alpha value is -0.100. The molecule has 3 nitrogen and oxygen atoms in total. The molecule has 1 aromatic heterocycles. The summed E-state index contributed by atoms with van der Waals surface area (Å²) in [6.45, 7) is 4.65. The summed E-state index contributed by atoms with van der Waals surface area (Å²) >= 11 is 4.93. The molecular formula is C10H14BrClN2OS. The number of thiophene rings is 1. The van der Waals surface area contributed by atoms with Crippen molar-refractivity contribution < 1.29 is 4.79 Å². The first-order chi connectivity index (χ1) is 7.18. The van der Waals surface area contributed by atoms with E-state index in [2.05, 4.69) is 28.2 Å². The molecule has 1 aliphatic rings. The zero-order valence-corrected chi connectivity index (χ0v) is 12.1. The van der Waals surface area contributed by atoms with Gasteiger partial charge in [0.25, 0.3) is 5.91 Å². The van der Waals surface area contributed by atoms with Crippen LogP contribution >= 0.6 is 39.7 Å². The van der Waals surface area contributed by atoms with Crippen LogP contribution in [0.15, 0.2) is 15.2 Å². The highest BCUT2D eigenvalue weighted by Gasteiger charge is 2.24. The van der Waals surface area contributed by atoms with Crippen molar-refractivity contribution in [3.8, 4) is 0 Å². The molecule has 90 valence electrons. The van der Waals surface area contributed by atoms with Gasteiger partial charge < -0.3 is 10.2 Å². The van der Waals surface area contributed by atoms with Crippen LogP contribution < -0.4 is 5.32 Å². The van der Waals surface area contributed by atoms with Crippen molar-refractivity contribution in [2.24, 2.45) is 0 Å². The van der Waals surface area contributed by atoms with E-state index in [0.717, 1.165) is 29.0 Å². The van der Waals surface area contributed by atoms with Crippen molar-refractivity contribution in [1.29, 1.82) is 0 Å². The van der Waals surface area contributed by atoms with Crippen molar-refractivity contribution in [3.05, 3.63) is 20.8 Å². The van der Waals surface area contributed by atoms with Gasteiger partial charge in [-0.15, -0.1) is 23.7 Å². The van der Waals surface area contributed by atoms with E-state index in [4.69, 9.17) is 0 Å². The van der Waals surface area contributed by atoms with Gasteiger partial charge in [-0.1, -0.05) is 0 Å². The summed E-state index contributed by atoms with van der Waals surface area (Å²) in [4.78, 5) is 14.0. The molecule has 1 atom stereocenters. The van der Waals surface area contributed by atoms with Crippen molar-refractivity contribution in [3.63, 3.8) is 0 Å². The summed E-state index contributed by atoms with van der Waals surface area (Å²) in [5.74, 6) is 0.144. The third kappa shape index (κ3) is 2.97. The van der Waals surface area contributed by atoms with Gasteiger partial charge in [-0.25, -0.2) is 0 Å². The Morgan fingerprint density at radius 3 is 3.00 bits per heavy atom. The first kappa shape index (κ1) is 14.0. The lowest BCUT2D eigenvalue weighted by Crippen LogP contribution is -2.52. The number of nitrogens with zero attached hydrogens (tertiary/aromatic N) is 1. The number of hydrogen-bond donors (Lipinski definition) is 1. The second-order valence-electron chi connectivity index (χ2n) is 3.69. The van der Waals surface area contributed by atoms with Crippen molar-refractivity contribution in [2.45, 2.75) is 13.0 Å². The fraction of sp³-hybridized carbons (Fsp3) is 0.500. The molecule has 0 saturated carbocycles. The van der Waals surface area contributed by atoms with Crippen LogP contribution in [0, 0.1) is 0 Å². The number of halogens is 2. The van der Waals surface area contributed by atoms with E-state index >= 15 is 0 Å². The van der Waals surface area contributed by atoms with Crippen molar-refractivity contribution >= 4 is 45.6 Å². The molecule has 0 bridgehead atoms. The van der Waals surface area contributed by atoms with Crippen LogP contribution in [0.25, 0.3) is 0 Å². The highest BCUT2D eigenvalue weighted by atomic mass is 79.9. The fourth-order valence-electron chi connectivity index (χ4n) is 1.73. The van der Waals surface area contributed by atoms with E-state index in [0.29, 0.717) is 0 Å². The molecule has 1 aromatic rings. The minimum Gasteiger partial charge on any atom is -0.333 e. The molecule has 0 aliphatic carbocycles. The maximum absolute atomic E-state index is 12.1. The van der Waals surface area contributed by atoms with Crippen LogP contribution in [-0.4, -0.2) is 36.5 Å². The summed E-state index contributed by atoms with van der Waals surface area (Å²) < 4.78 is 1.01. The summed E-state index contributed by atoms with van der Waals surface area (Å²) in [6, 6.07) is 2.17. The second-order valence-corrected chi connectivity index (χ2v) is 5.98. The predicted octanol–water partition coefficient (Wildman–Crippen LogP) is 2.37. The van der Waals surface area contributed by atoms with Crippen LogP contribution in [0.1, 0.15) is 17.3 Å². The van der Waals surface area contributed by atoms with Gasteiger partial charge in [0, 0.05) is 31.1 Å². The molecule has 0 radical (unpaired) electrons. The fourth-order valence-corrected chi connectivity index (χ4v) is 2.86. The number of nitrogens with one attached hydrogen (secondary N) is 1. The molecule has 0 aromatic carbocycles. The Balaban J connectivity index is 0.00000128. The first-order valence-electron chi connectivity index (χ1n) is 4.94. The number of rotatable bonds is 1. The van der Waals surface area contributed by atoms with Crippen LogP contribution in [0.4, 0.5) is 0 Å². The Morgan fingerprint density at radius 1 is 1.69 bits per heavy atom. The summed E-state index contributed by atoms with van der Waals surface area (Å²) in [5.41, 5.74) is 0.792. The second kappa shape index (κ2) is 6.00. The average molecular weight is 326 g/mol. The zero-order valence-electron chi connectivity index (χ0n) is 8.90. The third-order valence-corrected chi connectivity index (χ3v) is 4.08. The molecule has 1 aliphatic heterocycles. The maximum atomic E-state index is 12.1. The molecule has 2 heterocycles. The Kier molecular flexibility index (Phi) is 5.24. The lowest BCUT2D eigenvalue weighted by atomic mass is 10.2. The number of amides is 1. The van der Waals surface area contributed by atoms with E-state index in [-0.39, 0.29) is 24.4 Å². The van der Waals surface area contributed by atoms with Gasteiger partial charge in [0.1, 0.15) is 0 Å². The molecule has 0 spiro atoms. The van der Waals surface area contributed by atoms with E-state index in [9.17, 15) is 4.79 Å². The maximum Gasteiger partial charge on any atom is 0.255 e. The predicted molar refractivity (Wildman–Crippen MR) is 72.6 cm³/mol. The largest absolute Gasteiger partial charge is 0.333 e. The number of piperazine rings is 1. The number of carbonyl (C=O) groups excluding carboxylic acids is 1. The SMILES string of the molecule is C[C@H]1CNCCN1C(=O)c1csc(Br)c1.Cl. The first-order valence-corrected chi connectivity index (χ1v) is 6.61. The Labute approximate surface area is 114 Å². The minimum atomic E-state index is 0. The van der Waals surface area contributed by atoms with Crippen LogP contribution in [0.5, 0.6) is 0 Å². The van der Waals surface area contributed by atoms with Gasteiger partial charge in [-0.05, 0) is 28.9 Å². The minimum absolute atomic E-state index is 0. The van der Waals surface area contributed by atoms with Gasteiger partial charge >= 0.3 is 0 Å². The summed E-state index contributed by atoms with van der Waals surface area (Å²) in [6.07, 6.45) is 0. The lowest BCUT2D eigenvalue weighted by Gasteiger charge is -2.33. The smallest absolute Gasteiger partial charge is 0.255 e. The van der Waals surface area contributed by atoms with Crippen LogP contribution in [0.2, 0.25) is 0 Å². The topological polar surface area (TPSA) is 32.3 Å². The van der Waals surface area contributed by atoms with Gasteiger partial charge in [0.15, 0.2) is 0 Å². The lowest BCUT2D eigenvalue weighted by molar-refractivity contribution is 0.0656. The Morgan fingerprint density at radius 2 is 2.44 bits per heavy atom.